The average molecular weight is 496 g/mol. The molecule has 0 atom stereocenters. The molecule has 2 aromatic heterocycles. The third kappa shape index (κ3) is 3.89. The van der Waals surface area contributed by atoms with Gasteiger partial charge < -0.3 is 4.90 Å². The number of hydrogen-bond acceptors (Lipinski definition) is 5. The first kappa shape index (κ1) is 22.8. The van der Waals surface area contributed by atoms with Gasteiger partial charge in [0.05, 0.1) is 5.52 Å². The highest BCUT2D eigenvalue weighted by molar-refractivity contribution is 7.88. The van der Waals surface area contributed by atoms with E-state index in [0.717, 1.165) is 55.7 Å². The van der Waals surface area contributed by atoms with E-state index in [9.17, 15) is 13.2 Å². The second kappa shape index (κ2) is 8.78. The molecule has 0 radical (unpaired) electrons. The van der Waals surface area contributed by atoms with Crippen molar-refractivity contribution in [3.8, 4) is 0 Å². The van der Waals surface area contributed by atoms with E-state index in [2.05, 4.69) is 16.8 Å². The Bertz CT molecular complexity index is 1350. The fourth-order valence-electron chi connectivity index (χ4n) is 6.19. The molecule has 2 aliphatic heterocycles. The summed E-state index contributed by atoms with van der Waals surface area (Å²) in [6.07, 6.45) is 11.9. The molecule has 35 heavy (non-hydrogen) atoms. The lowest BCUT2D eigenvalue weighted by molar-refractivity contribution is 0.0697. The van der Waals surface area contributed by atoms with Crippen LogP contribution < -0.4 is 0 Å². The van der Waals surface area contributed by atoms with Crippen LogP contribution in [-0.4, -0.2) is 62.7 Å². The van der Waals surface area contributed by atoms with Gasteiger partial charge in [-0.3, -0.25) is 9.69 Å². The predicted octanol–water partition coefficient (Wildman–Crippen LogP) is 3.65. The molecule has 1 saturated carbocycles. The third-order valence-corrected chi connectivity index (χ3v) is 9.89. The molecule has 6 rings (SSSR count). The molecular formula is C26H33N5O3S. The summed E-state index contributed by atoms with van der Waals surface area (Å²) in [5.41, 5.74) is 3.16. The van der Waals surface area contributed by atoms with Crippen LogP contribution in [-0.2, 0) is 23.2 Å². The fourth-order valence-corrected chi connectivity index (χ4v) is 7.65. The Kier molecular flexibility index (Phi) is 5.72. The number of carbonyl (C=O) groups is 1. The number of carbonyl (C=O) groups excluding carboxylic acids is 1. The van der Waals surface area contributed by atoms with Crippen molar-refractivity contribution in [3.63, 3.8) is 0 Å². The summed E-state index contributed by atoms with van der Waals surface area (Å²) in [6, 6.07) is 6.11. The first-order valence-electron chi connectivity index (χ1n) is 12.9. The second-order valence-electron chi connectivity index (χ2n) is 10.5. The van der Waals surface area contributed by atoms with E-state index >= 15 is 0 Å². The Morgan fingerprint density at radius 2 is 1.83 bits per heavy atom. The molecule has 0 N–H and O–H groups in total. The van der Waals surface area contributed by atoms with Crippen LogP contribution in [0.3, 0.4) is 0 Å². The number of benzene rings is 1. The molecule has 0 unspecified atom stereocenters. The Hall–Kier alpha value is -2.65. The summed E-state index contributed by atoms with van der Waals surface area (Å²) in [6.45, 7) is 5.37. The third-order valence-electron chi connectivity index (χ3n) is 8.27. The van der Waals surface area contributed by atoms with Crippen molar-refractivity contribution >= 4 is 27.0 Å². The first-order valence-corrected chi connectivity index (χ1v) is 14.3. The van der Waals surface area contributed by atoms with Gasteiger partial charge in [-0.2, -0.15) is 8.42 Å². The van der Waals surface area contributed by atoms with Crippen LogP contribution in [0.25, 0.3) is 10.9 Å². The molecule has 9 heteroatoms. The van der Waals surface area contributed by atoms with E-state index in [1.54, 1.807) is 6.07 Å². The maximum absolute atomic E-state index is 13.7. The van der Waals surface area contributed by atoms with Gasteiger partial charge in [-0.05, 0) is 55.4 Å². The van der Waals surface area contributed by atoms with Crippen molar-refractivity contribution in [2.75, 3.05) is 19.6 Å². The molecule has 1 amide bonds. The molecular weight excluding hydrogens is 462 g/mol. The Balaban J connectivity index is 1.45. The predicted molar refractivity (Wildman–Crippen MR) is 135 cm³/mol. The molecule has 8 nitrogen and oxygen atoms in total. The molecule has 186 valence electrons. The Morgan fingerprint density at radius 3 is 2.54 bits per heavy atom. The normalized spacial score (nSPS) is 20.5. The quantitative estimate of drug-likeness (QED) is 0.552. The molecule has 1 aromatic carbocycles. The van der Waals surface area contributed by atoms with Crippen molar-refractivity contribution in [2.24, 2.45) is 5.92 Å². The van der Waals surface area contributed by atoms with E-state index in [4.69, 9.17) is 0 Å². The Morgan fingerprint density at radius 1 is 1.06 bits per heavy atom. The molecule has 0 bridgehead atoms. The van der Waals surface area contributed by atoms with E-state index in [0.29, 0.717) is 29.5 Å². The molecule has 1 aliphatic carbocycles. The molecule has 2 fully saturated rings. The smallest absolute Gasteiger partial charge is 0.335 e. The maximum Gasteiger partial charge on any atom is 0.335 e. The van der Waals surface area contributed by atoms with Crippen molar-refractivity contribution in [1.29, 1.82) is 0 Å². The molecule has 0 spiro atoms. The summed E-state index contributed by atoms with van der Waals surface area (Å²) in [5, 5.41) is 0.877. The second-order valence-corrected chi connectivity index (χ2v) is 12.1. The zero-order valence-corrected chi connectivity index (χ0v) is 21.1. The zero-order valence-electron chi connectivity index (χ0n) is 20.3. The summed E-state index contributed by atoms with van der Waals surface area (Å²) in [4.78, 5) is 21.8. The monoisotopic (exact) mass is 495 g/mol. The number of nitrogens with zero attached hydrogens (tertiary/aromatic N) is 5. The van der Waals surface area contributed by atoms with Crippen molar-refractivity contribution in [2.45, 2.75) is 64.5 Å². The molecule has 3 aromatic rings. The van der Waals surface area contributed by atoms with Crippen LogP contribution >= 0.6 is 0 Å². The summed E-state index contributed by atoms with van der Waals surface area (Å²) >= 11 is 0. The largest absolute Gasteiger partial charge is 0.339 e. The van der Waals surface area contributed by atoms with Gasteiger partial charge in [0.2, 0.25) is 0 Å². The lowest BCUT2D eigenvalue weighted by Gasteiger charge is -2.33. The van der Waals surface area contributed by atoms with Gasteiger partial charge in [-0.15, -0.1) is 0 Å². The minimum atomic E-state index is -3.86. The van der Waals surface area contributed by atoms with Crippen LogP contribution in [0.15, 0.2) is 36.9 Å². The van der Waals surface area contributed by atoms with Gasteiger partial charge in [-0.1, -0.05) is 19.8 Å². The molecule has 1 saturated heterocycles. The van der Waals surface area contributed by atoms with Gasteiger partial charge in [0.25, 0.3) is 5.91 Å². The summed E-state index contributed by atoms with van der Waals surface area (Å²) in [7, 11) is -3.86. The maximum atomic E-state index is 13.7. The van der Waals surface area contributed by atoms with Crippen LogP contribution in [0, 0.1) is 5.92 Å². The number of rotatable bonds is 4. The number of piperidine rings is 1. The summed E-state index contributed by atoms with van der Waals surface area (Å²) in [5.74, 6) is 0.693. The van der Waals surface area contributed by atoms with Crippen LogP contribution in [0.1, 0.15) is 67.1 Å². The van der Waals surface area contributed by atoms with Gasteiger partial charge in [0, 0.05) is 67.7 Å². The van der Waals surface area contributed by atoms with E-state index in [-0.39, 0.29) is 5.91 Å². The number of hydrogen-bond donors (Lipinski definition) is 0. The average Bonchev–Trinajstić information content (AvgIpc) is 3.64. The van der Waals surface area contributed by atoms with E-state index in [1.165, 1.54) is 52.3 Å². The lowest BCUT2D eigenvalue weighted by Crippen LogP contribution is -2.38. The highest BCUT2D eigenvalue weighted by atomic mass is 32.2. The highest BCUT2D eigenvalue weighted by Crippen LogP contribution is 2.36. The number of amides is 1. The van der Waals surface area contributed by atoms with Crippen molar-refractivity contribution in [3.05, 3.63) is 53.7 Å². The van der Waals surface area contributed by atoms with Gasteiger partial charge in [0.1, 0.15) is 6.33 Å². The van der Waals surface area contributed by atoms with Gasteiger partial charge >= 0.3 is 10.2 Å². The van der Waals surface area contributed by atoms with Crippen LogP contribution in [0.4, 0.5) is 0 Å². The number of aromatic nitrogens is 3. The van der Waals surface area contributed by atoms with Gasteiger partial charge in [-0.25, -0.2) is 12.9 Å². The SMILES string of the molecule is CC1CCN(C(=O)c2ccc3c(c2)c2c(n3S(=O)(=O)n3ccnc3)CCN(C3CCCC3)C2)CC1. The van der Waals surface area contributed by atoms with E-state index in [1.807, 2.05) is 17.0 Å². The van der Waals surface area contributed by atoms with Crippen LogP contribution in [0.5, 0.6) is 0 Å². The van der Waals surface area contributed by atoms with Crippen LogP contribution in [0.2, 0.25) is 0 Å². The van der Waals surface area contributed by atoms with Crippen molar-refractivity contribution < 1.29 is 13.2 Å². The number of likely N-dealkylation sites (tertiary alicyclic amines) is 1. The Labute approximate surface area is 206 Å². The fraction of sp³-hybridized carbons (Fsp3) is 0.538. The molecule has 3 aliphatic rings. The zero-order chi connectivity index (χ0) is 24.2. The topological polar surface area (TPSA) is 80.4 Å². The minimum Gasteiger partial charge on any atom is -0.339 e. The standard InChI is InChI=1S/C26H33N5O3S/c1-19-8-12-28(13-9-19)26(32)20-6-7-24-22(16-20)23-17-29(21-4-2-3-5-21)14-10-25(23)31(24)35(33,34)30-15-11-27-18-30/h6-7,11,15-16,18-19,21H,2-5,8-10,12-14,17H2,1H3. The van der Waals surface area contributed by atoms with Crippen molar-refractivity contribution in [1.82, 2.24) is 22.7 Å². The number of imidazole rings is 1. The lowest BCUT2D eigenvalue weighted by atomic mass is 9.98. The first-order chi connectivity index (χ1) is 16.9. The molecule has 4 heterocycles. The van der Waals surface area contributed by atoms with Gasteiger partial charge in [0.15, 0.2) is 0 Å². The number of fused-ring (bicyclic) bond motifs is 3. The highest BCUT2D eigenvalue weighted by Gasteiger charge is 2.33. The van der Waals surface area contributed by atoms with E-state index < -0.39 is 10.2 Å². The summed E-state index contributed by atoms with van der Waals surface area (Å²) < 4.78 is 30.0. The minimum absolute atomic E-state index is 0.0428.